The van der Waals surface area contributed by atoms with E-state index in [1.54, 1.807) is 4.90 Å². The predicted octanol–water partition coefficient (Wildman–Crippen LogP) is 1.23. The second-order valence-corrected chi connectivity index (χ2v) is 5.29. The first-order valence-electron chi connectivity index (χ1n) is 6.16. The number of amides is 1. The Hall–Kier alpha value is -0.810. The van der Waals surface area contributed by atoms with Crippen molar-refractivity contribution in [3.05, 3.63) is 0 Å². The van der Waals surface area contributed by atoms with Crippen LogP contribution in [0.1, 0.15) is 27.2 Å². The van der Waals surface area contributed by atoms with Gasteiger partial charge < -0.3 is 19.7 Å². The Morgan fingerprint density at radius 3 is 2.71 bits per heavy atom. The van der Waals surface area contributed by atoms with Gasteiger partial charge in [-0.15, -0.1) is 0 Å². The highest BCUT2D eigenvalue weighted by Crippen LogP contribution is 2.16. The fourth-order valence-electron chi connectivity index (χ4n) is 1.74. The van der Waals surface area contributed by atoms with Crippen molar-refractivity contribution in [2.45, 2.75) is 38.8 Å². The SMILES string of the molecule is CNCCN(C(=O)OC(C)(C)C)C1CCOC1. The quantitative estimate of drug-likeness (QED) is 0.808. The Balaban J connectivity index is 2.57. The number of hydrogen-bond acceptors (Lipinski definition) is 4. The van der Waals surface area contributed by atoms with Crippen molar-refractivity contribution in [2.75, 3.05) is 33.4 Å². The van der Waals surface area contributed by atoms with E-state index in [-0.39, 0.29) is 12.1 Å². The van der Waals surface area contributed by atoms with Crippen LogP contribution < -0.4 is 5.32 Å². The standard InChI is InChI=1S/C12H24N2O3/c1-12(2,3)17-11(15)14(7-6-13-4)10-5-8-16-9-10/h10,13H,5-9H2,1-4H3. The van der Waals surface area contributed by atoms with Crippen LogP contribution in [-0.2, 0) is 9.47 Å². The van der Waals surface area contributed by atoms with E-state index in [9.17, 15) is 4.79 Å². The molecule has 1 heterocycles. The van der Waals surface area contributed by atoms with Crippen LogP contribution in [0.25, 0.3) is 0 Å². The highest BCUT2D eigenvalue weighted by Gasteiger charge is 2.30. The van der Waals surface area contributed by atoms with Gasteiger partial charge in [-0.1, -0.05) is 0 Å². The highest BCUT2D eigenvalue weighted by molar-refractivity contribution is 5.68. The lowest BCUT2D eigenvalue weighted by Crippen LogP contribution is -2.46. The molecule has 1 unspecified atom stereocenters. The molecule has 0 aromatic rings. The zero-order valence-corrected chi connectivity index (χ0v) is 11.3. The van der Waals surface area contributed by atoms with Gasteiger partial charge in [0.2, 0.25) is 0 Å². The van der Waals surface area contributed by atoms with E-state index in [2.05, 4.69) is 5.32 Å². The Kier molecular flexibility index (Phi) is 5.21. The van der Waals surface area contributed by atoms with E-state index in [0.717, 1.165) is 19.6 Å². The number of nitrogens with zero attached hydrogens (tertiary/aromatic N) is 1. The molecule has 0 spiro atoms. The van der Waals surface area contributed by atoms with Gasteiger partial charge in [-0.3, -0.25) is 0 Å². The molecule has 1 N–H and O–H groups in total. The average Bonchev–Trinajstić information content (AvgIpc) is 2.68. The molecule has 1 aliphatic rings. The monoisotopic (exact) mass is 244 g/mol. The van der Waals surface area contributed by atoms with Gasteiger partial charge in [-0.25, -0.2) is 4.79 Å². The maximum absolute atomic E-state index is 12.1. The fourth-order valence-corrected chi connectivity index (χ4v) is 1.74. The van der Waals surface area contributed by atoms with Gasteiger partial charge in [0.05, 0.1) is 12.6 Å². The van der Waals surface area contributed by atoms with Crippen LogP contribution in [0.5, 0.6) is 0 Å². The number of ether oxygens (including phenoxy) is 2. The molecule has 100 valence electrons. The maximum Gasteiger partial charge on any atom is 0.410 e. The zero-order valence-electron chi connectivity index (χ0n) is 11.3. The second-order valence-electron chi connectivity index (χ2n) is 5.29. The predicted molar refractivity (Wildman–Crippen MR) is 66.1 cm³/mol. The topological polar surface area (TPSA) is 50.8 Å². The Labute approximate surface area is 103 Å². The van der Waals surface area contributed by atoms with Crippen molar-refractivity contribution in [3.8, 4) is 0 Å². The first-order chi connectivity index (χ1) is 7.94. The smallest absolute Gasteiger partial charge is 0.410 e. The average molecular weight is 244 g/mol. The molecule has 1 fully saturated rings. The van der Waals surface area contributed by atoms with Crippen LogP contribution in [0.2, 0.25) is 0 Å². The van der Waals surface area contributed by atoms with Crippen molar-refractivity contribution in [3.63, 3.8) is 0 Å². The molecule has 5 nitrogen and oxygen atoms in total. The summed E-state index contributed by atoms with van der Waals surface area (Å²) in [5.41, 5.74) is -0.450. The highest BCUT2D eigenvalue weighted by atomic mass is 16.6. The number of rotatable bonds is 4. The van der Waals surface area contributed by atoms with Gasteiger partial charge in [0.25, 0.3) is 0 Å². The summed E-state index contributed by atoms with van der Waals surface area (Å²) in [6.07, 6.45) is 0.645. The minimum Gasteiger partial charge on any atom is -0.444 e. The van der Waals surface area contributed by atoms with E-state index in [1.165, 1.54) is 0 Å². The minimum absolute atomic E-state index is 0.151. The first kappa shape index (κ1) is 14.3. The molecule has 0 aromatic heterocycles. The normalized spacial score (nSPS) is 20.4. The number of nitrogens with one attached hydrogen (secondary N) is 1. The first-order valence-corrected chi connectivity index (χ1v) is 6.16. The summed E-state index contributed by atoms with van der Waals surface area (Å²) in [4.78, 5) is 13.8. The summed E-state index contributed by atoms with van der Waals surface area (Å²) in [6.45, 7) is 8.40. The lowest BCUT2D eigenvalue weighted by atomic mass is 10.2. The van der Waals surface area contributed by atoms with Crippen LogP contribution in [0, 0.1) is 0 Å². The van der Waals surface area contributed by atoms with Gasteiger partial charge >= 0.3 is 6.09 Å². The molecule has 1 atom stereocenters. The Morgan fingerprint density at radius 1 is 1.53 bits per heavy atom. The Morgan fingerprint density at radius 2 is 2.24 bits per heavy atom. The molecule has 5 heteroatoms. The van der Waals surface area contributed by atoms with Crippen LogP contribution in [0.3, 0.4) is 0 Å². The molecular formula is C12H24N2O3. The van der Waals surface area contributed by atoms with Crippen LogP contribution in [0.15, 0.2) is 0 Å². The molecule has 1 saturated heterocycles. The molecular weight excluding hydrogens is 220 g/mol. The van der Waals surface area contributed by atoms with Crippen LogP contribution in [-0.4, -0.2) is 56.0 Å². The number of carbonyl (C=O) groups is 1. The van der Waals surface area contributed by atoms with Gasteiger partial charge in [-0.2, -0.15) is 0 Å². The number of hydrogen-bond donors (Lipinski definition) is 1. The molecule has 0 radical (unpaired) electrons. The van der Waals surface area contributed by atoms with Gasteiger partial charge in [0.1, 0.15) is 5.60 Å². The van der Waals surface area contributed by atoms with Crippen molar-refractivity contribution < 1.29 is 14.3 Å². The molecule has 1 aliphatic heterocycles. The van der Waals surface area contributed by atoms with Crippen molar-refractivity contribution in [1.29, 1.82) is 0 Å². The van der Waals surface area contributed by atoms with E-state index in [0.29, 0.717) is 13.2 Å². The number of likely N-dealkylation sites (N-methyl/N-ethyl adjacent to an activating group) is 1. The molecule has 0 saturated carbocycles. The summed E-state index contributed by atoms with van der Waals surface area (Å²) < 4.78 is 10.7. The molecule has 1 amide bonds. The second kappa shape index (κ2) is 6.21. The largest absolute Gasteiger partial charge is 0.444 e. The lowest BCUT2D eigenvalue weighted by Gasteiger charge is -2.30. The Bertz CT molecular complexity index is 245. The molecule has 17 heavy (non-hydrogen) atoms. The van der Waals surface area contributed by atoms with E-state index in [4.69, 9.17) is 9.47 Å². The summed E-state index contributed by atoms with van der Waals surface area (Å²) in [5, 5.41) is 3.05. The summed E-state index contributed by atoms with van der Waals surface area (Å²) in [7, 11) is 1.87. The van der Waals surface area contributed by atoms with E-state index >= 15 is 0 Å². The fraction of sp³-hybridized carbons (Fsp3) is 0.917. The van der Waals surface area contributed by atoms with E-state index < -0.39 is 5.60 Å². The third-order valence-corrected chi connectivity index (χ3v) is 2.58. The maximum atomic E-state index is 12.1. The third-order valence-electron chi connectivity index (χ3n) is 2.58. The molecule has 0 aliphatic carbocycles. The lowest BCUT2D eigenvalue weighted by molar-refractivity contribution is 0.0151. The van der Waals surface area contributed by atoms with Crippen molar-refractivity contribution in [1.82, 2.24) is 10.2 Å². The van der Waals surface area contributed by atoms with E-state index in [1.807, 2.05) is 27.8 Å². The van der Waals surface area contributed by atoms with Crippen LogP contribution >= 0.6 is 0 Å². The van der Waals surface area contributed by atoms with Gasteiger partial charge in [-0.05, 0) is 34.2 Å². The summed E-state index contributed by atoms with van der Waals surface area (Å²) in [5.74, 6) is 0. The third kappa shape index (κ3) is 4.91. The minimum atomic E-state index is -0.450. The zero-order chi connectivity index (χ0) is 12.9. The van der Waals surface area contributed by atoms with Gasteiger partial charge in [0, 0.05) is 19.7 Å². The number of carbonyl (C=O) groups excluding carboxylic acids is 1. The molecule has 0 aromatic carbocycles. The molecule has 0 bridgehead atoms. The van der Waals surface area contributed by atoms with Crippen molar-refractivity contribution in [2.24, 2.45) is 0 Å². The van der Waals surface area contributed by atoms with Crippen LogP contribution in [0.4, 0.5) is 4.79 Å². The van der Waals surface area contributed by atoms with Gasteiger partial charge in [0.15, 0.2) is 0 Å². The summed E-state index contributed by atoms with van der Waals surface area (Å²) >= 11 is 0. The molecule has 1 rings (SSSR count). The van der Waals surface area contributed by atoms with Crippen molar-refractivity contribution >= 4 is 6.09 Å². The summed E-state index contributed by atoms with van der Waals surface area (Å²) in [6, 6.07) is 0.151.